The van der Waals surface area contributed by atoms with Gasteiger partial charge >= 0.3 is 0 Å². The average molecular weight is 236 g/mol. The number of benzene rings is 1. The summed E-state index contributed by atoms with van der Waals surface area (Å²) < 4.78 is 1.89. The van der Waals surface area contributed by atoms with Gasteiger partial charge in [0.25, 0.3) is 0 Å². The van der Waals surface area contributed by atoms with E-state index in [2.05, 4.69) is 4.98 Å². The molecule has 16 heavy (non-hydrogen) atoms. The molecular formula is C12H14ClN3. The Hall–Kier alpha value is -1.32. The highest BCUT2D eigenvalue weighted by molar-refractivity contribution is 6.31. The molecule has 2 N–H and O–H groups in total. The molecule has 2 rings (SSSR count). The Morgan fingerprint density at radius 1 is 1.44 bits per heavy atom. The number of nitrogens with two attached hydrogens (primary N) is 1. The van der Waals surface area contributed by atoms with Crippen LogP contribution in [-0.4, -0.2) is 9.55 Å². The molecule has 3 nitrogen and oxygen atoms in total. The van der Waals surface area contributed by atoms with Crippen molar-refractivity contribution < 1.29 is 0 Å². The Balaban J connectivity index is 2.13. The first-order chi connectivity index (χ1) is 7.66. The quantitative estimate of drug-likeness (QED) is 0.887. The summed E-state index contributed by atoms with van der Waals surface area (Å²) in [5.74, 6) is 0. The van der Waals surface area contributed by atoms with E-state index in [9.17, 15) is 0 Å². The van der Waals surface area contributed by atoms with Crippen LogP contribution in [0.1, 0.15) is 17.3 Å². The lowest BCUT2D eigenvalue weighted by Crippen LogP contribution is -2.14. The van der Waals surface area contributed by atoms with Crippen LogP contribution >= 0.6 is 11.6 Å². The zero-order valence-electron chi connectivity index (χ0n) is 9.10. The van der Waals surface area contributed by atoms with E-state index in [1.54, 1.807) is 6.33 Å². The van der Waals surface area contributed by atoms with Crippen LogP contribution in [0.15, 0.2) is 36.8 Å². The van der Waals surface area contributed by atoms with Gasteiger partial charge in [0.15, 0.2) is 0 Å². The van der Waals surface area contributed by atoms with Crippen LogP contribution in [0.5, 0.6) is 0 Å². The van der Waals surface area contributed by atoms with Gasteiger partial charge in [-0.2, -0.15) is 0 Å². The molecule has 1 unspecified atom stereocenters. The van der Waals surface area contributed by atoms with Crippen molar-refractivity contribution in [3.63, 3.8) is 0 Å². The van der Waals surface area contributed by atoms with Gasteiger partial charge in [-0.25, -0.2) is 4.98 Å². The summed E-state index contributed by atoms with van der Waals surface area (Å²) in [6, 6.07) is 7.64. The van der Waals surface area contributed by atoms with Crippen molar-refractivity contribution in [2.24, 2.45) is 12.8 Å². The maximum atomic E-state index is 6.08. The molecule has 0 aliphatic heterocycles. The van der Waals surface area contributed by atoms with Crippen LogP contribution in [0, 0.1) is 0 Å². The summed E-state index contributed by atoms with van der Waals surface area (Å²) in [6.45, 7) is 0. The molecule has 1 aromatic carbocycles. The fourth-order valence-corrected chi connectivity index (χ4v) is 1.84. The fourth-order valence-electron chi connectivity index (χ4n) is 1.63. The normalized spacial score (nSPS) is 12.7. The van der Waals surface area contributed by atoms with Crippen LogP contribution in [0.3, 0.4) is 0 Å². The standard InChI is InChI=1S/C12H14ClN3/c1-16-7-12(15-8-16)11(14)6-9-4-2-3-5-10(9)13/h2-5,7-8,11H,6,14H2,1H3. The van der Waals surface area contributed by atoms with Crippen molar-refractivity contribution >= 4 is 11.6 Å². The third kappa shape index (κ3) is 2.43. The molecule has 0 fully saturated rings. The summed E-state index contributed by atoms with van der Waals surface area (Å²) in [6.07, 6.45) is 4.39. The van der Waals surface area contributed by atoms with Gasteiger partial charge in [0.05, 0.1) is 18.1 Å². The van der Waals surface area contributed by atoms with Gasteiger partial charge in [0.2, 0.25) is 0 Å². The highest BCUT2D eigenvalue weighted by Gasteiger charge is 2.11. The summed E-state index contributed by atoms with van der Waals surface area (Å²) in [4.78, 5) is 4.24. The van der Waals surface area contributed by atoms with Crippen molar-refractivity contribution in [3.05, 3.63) is 53.1 Å². The molecule has 1 aromatic heterocycles. The summed E-state index contributed by atoms with van der Waals surface area (Å²) in [7, 11) is 1.93. The molecular weight excluding hydrogens is 222 g/mol. The number of aromatic nitrogens is 2. The minimum atomic E-state index is -0.110. The van der Waals surface area contributed by atoms with Crippen molar-refractivity contribution in [1.29, 1.82) is 0 Å². The Bertz CT molecular complexity index is 479. The first-order valence-electron chi connectivity index (χ1n) is 5.13. The number of aryl methyl sites for hydroxylation is 1. The predicted molar refractivity (Wildman–Crippen MR) is 65.3 cm³/mol. The zero-order valence-corrected chi connectivity index (χ0v) is 9.85. The van der Waals surface area contributed by atoms with E-state index < -0.39 is 0 Å². The number of rotatable bonds is 3. The van der Waals surface area contributed by atoms with Gasteiger partial charge in [0, 0.05) is 18.3 Å². The molecule has 0 bridgehead atoms. The summed E-state index contributed by atoms with van der Waals surface area (Å²) >= 11 is 6.08. The van der Waals surface area contributed by atoms with E-state index >= 15 is 0 Å². The van der Waals surface area contributed by atoms with Crippen LogP contribution in [0.2, 0.25) is 5.02 Å². The number of nitrogens with zero attached hydrogens (tertiary/aromatic N) is 2. The van der Waals surface area contributed by atoms with E-state index in [4.69, 9.17) is 17.3 Å². The molecule has 0 saturated heterocycles. The molecule has 84 valence electrons. The smallest absolute Gasteiger partial charge is 0.0947 e. The fraction of sp³-hybridized carbons (Fsp3) is 0.250. The van der Waals surface area contributed by atoms with E-state index in [-0.39, 0.29) is 6.04 Å². The monoisotopic (exact) mass is 235 g/mol. The van der Waals surface area contributed by atoms with E-state index in [1.165, 1.54) is 0 Å². The molecule has 0 spiro atoms. The van der Waals surface area contributed by atoms with E-state index in [0.29, 0.717) is 6.42 Å². The molecule has 0 amide bonds. The predicted octanol–water partition coefficient (Wildman–Crippen LogP) is 2.32. The van der Waals surface area contributed by atoms with Crippen molar-refractivity contribution in [3.8, 4) is 0 Å². The number of halogens is 1. The zero-order chi connectivity index (χ0) is 11.5. The molecule has 1 heterocycles. The highest BCUT2D eigenvalue weighted by Crippen LogP contribution is 2.20. The summed E-state index contributed by atoms with van der Waals surface area (Å²) in [5.41, 5.74) is 8.02. The van der Waals surface area contributed by atoms with Gasteiger partial charge in [-0.05, 0) is 18.1 Å². The lowest BCUT2D eigenvalue weighted by molar-refractivity contribution is 0.700. The second-order valence-electron chi connectivity index (χ2n) is 3.87. The Morgan fingerprint density at radius 2 is 2.19 bits per heavy atom. The van der Waals surface area contributed by atoms with Crippen LogP contribution < -0.4 is 5.73 Å². The number of hydrogen-bond acceptors (Lipinski definition) is 2. The highest BCUT2D eigenvalue weighted by atomic mass is 35.5. The molecule has 0 aliphatic carbocycles. The third-order valence-corrected chi connectivity index (χ3v) is 2.87. The van der Waals surface area contributed by atoms with Gasteiger partial charge in [-0.1, -0.05) is 29.8 Å². The Labute approximate surface area is 99.9 Å². The van der Waals surface area contributed by atoms with Crippen LogP contribution in [0.4, 0.5) is 0 Å². The molecule has 0 aliphatic rings. The molecule has 0 radical (unpaired) electrons. The maximum Gasteiger partial charge on any atom is 0.0947 e. The Kier molecular flexibility index (Phi) is 3.27. The minimum absolute atomic E-state index is 0.110. The topological polar surface area (TPSA) is 43.8 Å². The van der Waals surface area contributed by atoms with Crippen LogP contribution in [-0.2, 0) is 13.5 Å². The molecule has 4 heteroatoms. The number of imidazole rings is 1. The maximum absolute atomic E-state index is 6.08. The average Bonchev–Trinajstić information content (AvgIpc) is 2.68. The largest absolute Gasteiger partial charge is 0.340 e. The molecule has 0 saturated carbocycles. The van der Waals surface area contributed by atoms with Crippen LogP contribution in [0.25, 0.3) is 0 Å². The van der Waals surface area contributed by atoms with Crippen molar-refractivity contribution in [2.75, 3.05) is 0 Å². The molecule has 2 aromatic rings. The lowest BCUT2D eigenvalue weighted by atomic mass is 10.0. The molecule has 1 atom stereocenters. The van der Waals surface area contributed by atoms with Gasteiger partial charge in [-0.15, -0.1) is 0 Å². The first kappa shape index (κ1) is 11.2. The van der Waals surface area contributed by atoms with Crippen molar-refractivity contribution in [1.82, 2.24) is 9.55 Å². The van der Waals surface area contributed by atoms with E-state index in [0.717, 1.165) is 16.3 Å². The van der Waals surface area contributed by atoms with E-state index in [1.807, 2.05) is 42.1 Å². The van der Waals surface area contributed by atoms with Gasteiger partial charge in [-0.3, -0.25) is 0 Å². The second kappa shape index (κ2) is 4.68. The van der Waals surface area contributed by atoms with Crippen molar-refractivity contribution in [2.45, 2.75) is 12.5 Å². The first-order valence-corrected chi connectivity index (χ1v) is 5.51. The van der Waals surface area contributed by atoms with Gasteiger partial charge < -0.3 is 10.3 Å². The van der Waals surface area contributed by atoms with Gasteiger partial charge in [0.1, 0.15) is 0 Å². The lowest BCUT2D eigenvalue weighted by Gasteiger charge is -2.09. The second-order valence-corrected chi connectivity index (χ2v) is 4.27. The SMILES string of the molecule is Cn1cnc(C(N)Cc2ccccc2Cl)c1. The third-order valence-electron chi connectivity index (χ3n) is 2.50. The number of hydrogen-bond donors (Lipinski definition) is 1. The summed E-state index contributed by atoms with van der Waals surface area (Å²) in [5, 5.41) is 0.758. The minimum Gasteiger partial charge on any atom is -0.340 e. The Morgan fingerprint density at radius 3 is 2.81 bits per heavy atom.